The molecule has 0 unspecified atom stereocenters. The van der Waals surface area contributed by atoms with Crippen molar-refractivity contribution in [3.8, 4) is 11.5 Å². The number of rotatable bonds is 6. The average Bonchev–Trinajstić information content (AvgIpc) is 2.83. The molecule has 5 nitrogen and oxygen atoms in total. The zero-order valence-corrected chi connectivity index (χ0v) is 17.2. The van der Waals surface area contributed by atoms with Gasteiger partial charge in [-0.1, -0.05) is 30.3 Å². The molecule has 30 heavy (non-hydrogen) atoms. The van der Waals surface area contributed by atoms with Gasteiger partial charge in [0, 0.05) is 37.4 Å². The molecule has 0 bridgehead atoms. The van der Waals surface area contributed by atoms with Crippen LogP contribution in [0.5, 0.6) is 11.5 Å². The molecule has 1 aliphatic rings. The molecule has 0 atom stereocenters. The smallest absolute Gasteiger partial charge is 0.253 e. The molecule has 1 amide bonds. The number of methoxy groups -OCH3 is 1. The number of nitrogens with zero attached hydrogens (tertiary/aromatic N) is 2. The summed E-state index contributed by atoms with van der Waals surface area (Å²) in [5.74, 6) is 1.68. The molecule has 3 aromatic rings. The van der Waals surface area contributed by atoms with Crippen molar-refractivity contribution in [2.24, 2.45) is 0 Å². The van der Waals surface area contributed by atoms with Crippen LogP contribution in [0.2, 0.25) is 0 Å². The molecule has 0 saturated carbocycles. The van der Waals surface area contributed by atoms with E-state index in [2.05, 4.69) is 17.0 Å². The third-order valence-electron chi connectivity index (χ3n) is 5.35. The van der Waals surface area contributed by atoms with Gasteiger partial charge in [0.05, 0.1) is 7.11 Å². The molecule has 3 aromatic carbocycles. The van der Waals surface area contributed by atoms with Crippen LogP contribution in [0.25, 0.3) is 0 Å². The van der Waals surface area contributed by atoms with Crippen molar-refractivity contribution in [1.82, 2.24) is 4.90 Å². The molecule has 0 spiro atoms. The SMILES string of the molecule is COc1ccc(N2CCN(C(=O)c3ccc(OCc4ccccc4)cc3)CC2)cc1. The minimum Gasteiger partial charge on any atom is -0.497 e. The zero-order chi connectivity index (χ0) is 20.8. The van der Waals surface area contributed by atoms with E-state index in [0.717, 1.165) is 35.8 Å². The van der Waals surface area contributed by atoms with Gasteiger partial charge in [-0.05, 0) is 54.1 Å². The third kappa shape index (κ3) is 4.74. The van der Waals surface area contributed by atoms with Gasteiger partial charge in [0.25, 0.3) is 5.91 Å². The maximum absolute atomic E-state index is 12.9. The summed E-state index contributed by atoms with van der Waals surface area (Å²) in [5.41, 5.74) is 2.97. The van der Waals surface area contributed by atoms with Gasteiger partial charge in [-0.2, -0.15) is 0 Å². The lowest BCUT2D eigenvalue weighted by molar-refractivity contribution is 0.0746. The maximum atomic E-state index is 12.9. The van der Waals surface area contributed by atoms with Crippen molar-refractivity contribution in [1.29, 1.82) is 0 Å². The van der Waals surface area contributed by atoms with E-state index in [4.69, 9.17) is 9.47 Å². The first-order chi connectivity index (χ1) is 14.7. The van der Waals surface area contributed by atoms with Crippen LogP contribution in [0.3, 0.4) is 0 Å². The van der Waals surface area contributed by atoms with E-state index in [0.29, 0.717) is 25.3 Å². The van der Waals surface area contributed by atoms with Crippen LogP contribution >= 0.6 is 0 Å². The fourth-order valence-electron chi connectivity index (χ4n) is 3.58. The summed E-state index contributed by atoms with van der Waals surface area (Å²) in [6.45, 7) is 3.56. The Balaban J connectivity index is 1.30. The number of hydrogen-bond acceptors (Lipinski definition) is 4. The van der Waals surface area contributed by atoms with E-state index in [9.17, 15) is 4.79 Å². The summed E-state index contributed by atoms with van der Waals surface area (Å²) >= 11 is 0. The topological polar surface area (TPSA) is 42.0 Å². The van der Waals surface area contributed by atoms with Gasteiger partial charge in [-0.3, -0.25) is 4.79 Å². The Morgan fingerprint density at radius 1 is 0.800 bits per heavy atom. The first-order valence-corrected chi connectivity index (χ1v) is 10.2. The minimum absolute atomic E-state index is 0.0685. The Labute approximate surface area is 177 Å². The molecule has 1 fully saturated rings. The molecule has 0 aromatic heterocycles. The van der Waals surface area contributed by atoms with Gasteiger partial charge < -0.3 is 19.3 Å². The van der Waals surface area contributed by atoms with Crippen LogP contribution in [0, 0.1) is 0 Å². The standard InChI is InChI=1S/C25H26N2O3/c1-29-23-13-9-22(10-14-23)26-15-17-27(18-16-26)25(28)21-7-11-24(12-8-21)30-19-20-5-3-2-4-6-20/h2-14H,15-19H2,1H3. The first kappa shape index (κ1) is 19.8. The third-order valence-corrected chi connectivity index (χ3v) is 5.35. The predicted octanol–water partition coefficient (Wildman–Crippen LogP) is 4.24. The molecule has 154 valence electrons. The van der Waals surface area contributed by atoms with E-state index in [-0.39, 0.29) is 5.91 Å². The summed E-state index contributed by atoms with van der Waals surface area (Å²) in [6, 6.07) is 25.5. The number of amides is 1. The Morgan fingerprint density at radius 3 is 2.07 bits per heavy atom. The fraction of sp³-hybridized carbons (Fsp3) is 0.240. The quantitative estimate of drug-likeness (QED) is 0.619. The average molecular weight is 402 g/mol. The highest BCUT2D eigenvalue weighted by Crippen LogP contribution is 2.21. The summed E-state index contributed by atoms with van der Waals surface area (Å²) in [7, 11) is 1.67. The molecular formula is C25H26N2O3. The van der Waals surface area contributed by atoms with Crippen LogP contribution < -0.4 is 14.4 Å². The van der Waals surface area contributed by atoms with Gasteiger partial charge in [-0.15, -0.1) is 0 Å². The van der Waals surface area contributed by atoms with E-state index >= 15 is 0 Å². The Morgan fingerprint density at radius 2 is 1.43 bits per heavy atom. The Hall–Kier alpha value is -3.47. The van der Waals surface area contributed by atoms with Crippen LogP contribution in [0.1, 0.15) is 15.9 Å². The van der Waals surface area contributed by atoms with Crippen molar-refractivity contribution in [3.63, 3.8) is 0 Å². The lowest BCUT2D eigenvalue weighted by Gasteiger charge is -2.36. The monoisotopic (exact) mass is 402 g/mol. The number of benzene rings is 3. The predicted molar refractivity (Wildman–Crippen MR) is 118 cm³/mol. The second-order valence-electron chi connectivity index (χ2n) is 7.28. The second kappa shape index (κ2) is 9.35. The van der Waals surface area contributed by atoms with Gasteiger partial charge in [0.2, 0.25) is 0 Å². The van der Waals surface area contributed by atoms with E-state index < -0.39 is 0 Å². The van der Waals surface area contributed by atoms with Crippen molar-refractivity contribution in [2.75, 3.05) is 38.2 Å². The highest BCUT2D eigenvalue weighted by molar-refractivity contribution is 5.94. The highest BCUT2D eigenvalue weighted by Gasteiger charge is 2.22. The van der Waals surface area contributed by atoms with Crippen molar-refractivity contribution in [2.45, 2.75) is 6.61 Å². The van der Waals surface area contributed by atoms with Crippen LogP contribution in [0.4, 0.5) is 5.69 Å². The molecule has 0 aliphatic carbocycles. The lowest BCUT2D eigenvalue weighted by Crippen LogP contribution is -2.48. The highest BCUT2D eigenvalue weighted by atomic mass is 16.5. The molecule has 0 radical (unpaired) electrons. The number of hydrogen-bond donors (Lipinski definition) is 0. The van der Waals surface area contributed by atoms with Gasteiger partial charge in [0.15, 0.2) is 0 Å². The molecular weight excluding hydrogens is 376 g/mol. The van der Waals surface area contributed by atoms with E-state index in [1.54, 1.807) is 7.11 Å². The normalized spacial score (nSPS) is 13.8. The van der Waals surface area contributed by atoms with Crippen molar-refractivity contribution in [3.05, 3.63) is 90.0 Å². The van der Waals surface area contributed by atoms with Crippen molar-refractivity contribution < 1.29 is 14.3 Å². The van der Waals surface area contributed by atoms with Crippen molar-refractivity contribution >= 4 is 11.6 Å². The van der Waals surface area contributed by atoms with Gasteiger partial charge in [-0.25, -0.2) is 0 Å². The number of ether oxygens (including phenoxy) is 2. The summed E-state index contributed by atoms with van der Waals surface area (Å²) in [4.78, 5) is 17.1. The Kier molecular flexibility index (Phi) is 6.18. The fourth-order valence-corrected chi connectivity index (χ4v) is 3.58. The second-order valence-corrected chi connectivity index (χ2v) is 7.28. The largest absolute Gasteiger partial charge is 0.497 e. The number of piperazine rings is 1. The Bertz CT molecular complexity index is 948. The summed E-state index contributed by atoms with van der Waals surface area (Å²) < 4.78 is 11.0. The number of carbonyl (C=O) groups is 1. The molecule has 0 N–H and O–H groups in total. The van der Waals surface area contributed by atoms with E-state index in [1.807, 2.05) is 71.6 Å². The number of anilines is 1. The van der Waals surface area contributed by atoms with Crippen LogP contribution in [-0.2, 0) is 6.61 Å². The van der Waals surface area contributed by atoms with E-state index in [1.165, 1.54) is 0 Å². The molecule has 1 aliphatic heterocycles. The summed E-state index contributed by atoms with van der Waals surface area (Å²) in [5, 5.41) is 0. The molecule has 5 heteroatoms. The van der Waals surface area contributed by atoms with Gasteiger partial charge >= 0.3 is 0 Å². The first-order valence-electron chi connectivity index (χ1n) is 10.2. The number of carbonyl (C=O) groups excluding carboxylic acids is 1. The maximum Gasteiger partial charge on any atom is 0.253 e. The van der Waals surface area contributed by atoms with Crippen LogP contribution in [-0.4, -0.2) is 44.1 Å². The lowest BCUT2D eigenvalue weighted by atomic mass is 10.1. The molecule has 4 rings (SSSR count). The van der Waals surface area contributed by atoms with Gasteiger partial charge in [0.1, 0.15) is 18.1 Å². The minimum atomic E-state index is 0.0685. The zero-order valence-electron chi connectivity index (χ0n) is 17.2. The van der Waals surface area contributed by atoms with Crippen LogP contribution in [0.15, 0.2) is 78.9 Å². The molecule has 1 heterocycles. The molecule has 1 saturated heterocycles. The summed E-state index contributed by atoms with van der Waals surface area (Å²) in [6.07, 6.45) is 0.